The molecular weight excluding hydrogens is 260 g/mol. The molecule has 1 atom stereocenters. The molecule has 2 rings (SSSR count). The van der Waals surface area contributed by atoms with Crippen LogP contribution in [-0.2, 0) is 0 Å². The van der Waals surface area contributed by atoms with Crippen molar-refractivity contribution < 1.29 is 0 Å². The maximum atomic E-state index is 2.31. The first kappa shape index (κ1) is 14.9. The van der Waals surface area contributed by atoms with Gasteiger partial charge in [0.05, 0.1) is 0 Å². The molecule has 0 saturated heterocycles. The minimum Gasteiger partial charge on any atom is -0.144 e. The summed E-state index contributed by atoms with van der Waals surface area (Å²) in [6.45, 7) is 6.80. The Hall–Kier alpha value is -1.47. The predicted octanol–water partition coefficient (Wildman–Crippen LogP) is 5.97. The molecule has 0 fully saturated rings. The second kappa shape index (κ2) is 6.81. The summed E-state index contributed by atoms with van der Waals surface area (Å²) in [5.41, 5.74) is 2.61. The van der Waals surface area contributed by atoms with Crippen LogP contribution in [0.1, 0.15) is 37.1 Å². The van der Waals surface area contributed by atoms with E-state index in [1.54, 1.807) is 0 Å². The van der Waals surface area contributed by atoms with Crippen LogP contribution in [0, 0.1) is 0 Å². The van der Waals surface area contributed by atoms with E-state index in [4.69, 9.17) is 0 Å². The minimum atomic E-state index is 0.238. The second-order valence-electron chi connectivity index (χ2n) is 5.83. The van der Waals surface area contributed by atoms with Gasteiger partial charge in [-0.1, -0.05) is 93.6 Å². The normalized spacial score (nSPS) is 13.6. The van der Waals surface area contributed by atoms with Gasteiger partial charge in [-0.15, -0.1) is 11.8 Å². The summed E-state index contributed by atoms with van der Waals surface area (Å²) in [5, 5.41) is 0.386. The fourth-order valence-corrected chi connectivity index (χ4v) is 3.22. The summed E-state index contributed by atoms with van der Waals surface area (Å²) < 4.78 is 0.238. The van der Waals surface area contributed by atoms with Gasteiger partial charge < -0.3 is 0 Å². The largest absolute Gasteiger partial charge is 0.144 e. The number of benzene rings is 2. The van der Waals surface area contributed by atoms with Crippen molar-refractivity contribution in [1.29, 1.82) is 0 Å². The zero-order valence-corrected chi connectivity index (χ0v) is 13.2. The van der Waals surface area contributed by atoms with Crippen molar-refractivity contribution in [2.45, 2.75) is 30.8 Å². The Kier molecular flexibility index (Phi) is 5.08. The van der Waals surface area contributed by atoms with E-state index in [0.717, 1.165) is 0 Å². The third-order valence-electron chi connectivity index (χ3n) is 2.87. The Morgan fingerprint density at radius 1 is 0.850 bits per heavy atom. The molecule has 0 aliphatic heterocycles. The molecule has 0 spiro atoms. The molecule has 0 nitrogen and oxygen atoms in total. The smallest absolute Gasteiger partial charge is 0.0485 e. The average Bonchev–Trinajstić information content (AvgIpc) is 2.44. The maximum Gasteiger partial charge on any atom is 0.0485 e. The third kappa shape index (κ3) is 4.90. The van der Waals surface area contributed by atoms with Crippen LogP contribution >= 0.6 is 11.8 Å². The molecule has 0 bridgehead atoms. The summed E-state index contributed by atoms with van der Waals surface area (Å²) in [4.78, 5) is 0. The molecule has 0 unspecified atom stereocenters. The first-order chi connectivity index (χ1) is 9.54. The van der Waals surface area contributed by atoms with Gasteiger partial charge in [0.2, 0.25) is 0 Å². The Labute approximate surface area is 126 Å². The molecule has 2 aromatic carbocycles. The molecule has 0 saturated carbocycles. The highest BCUT2D eigenvalue weighted by molar-refractivity contribution is 8.01. The quantitative estimate of drug-likeness (QED) is 0.665. The van der Waals surface area contributed by atoms with Crippen LogP contribution in [0.25, 0.3) is 6.08 Å². The molecule has 0 N–H and O–H groups in total. The molecule has 20 heavy (non-hydrogen) atoms. The molecule has 104 valence electrons. The van der Waals surface area contributed by atoms with Gasteiger partial charge in [0.25, 0.3) is 0 Å². The Bertz CT molecular complexity index is 535. The van der Waals surface area contributed by atoms with Crippen molar-refractivity contribution in [2.24, 2.45) is 0 Å². The van der Waals surface area contributed by atoms with Gasteiger partial charge in [-0.25, -0.2) is 0 Å². The Morgan fingerprint density at radius 3 is 1.95 bits per heavy atom. The van der Waals surface area contributed by atoms with Crippen LogP contribution in [0.5, 0.6) is 0 Å². The lowest BCUT2D eigenvalue weighted by Gasteiger charge is -2.24. The first-order valence-electron chi connectivity index (χ1n) is 7.01. The number of hydrogen-bond donors (Lipinski definition) is 0. The predicted molar refractivity (Wildman–Crippen MR) is 92.0 cm³/mol. The van der Waals surface area contributed by atoms with Gasteiger partial charge in [0.1, 0.15) is 0 Å². The lowest BCUT2D eigenvalue weighted by molar-refractivity contribution is 0.798. The third-order valence-corrected chi connectivity index (χ3v) is 4.26. The summed E-state index contributed by atoms with van der Waals surface area (Å²) in [7, 11) is 0. The Morgan fingerprint density at radius 2 is 1.40 bits per heavy atom. The molecule has 0 amide bonds. The van der Waals surface area contributed by atoms with Crippen molar-refractivity contribution in [3.63, 3.8) is 0 Å². The molecular formula is C19H22S. The van der Waals surface area contributed by atoms with Crippen molar-refractivity contribution in [1.82, 2.24) is 0 Å². The van der Waals surface area contributed by atoms with Crippen molar-refractivity contribution in [3.8, 4) is 0 Å². The number of thioether (sulfide) groups is 1. The van der Waals surface area contributed by atoms with E-state index in [0.29, 0.717) is 5.25 Å². The van der Waals surface area contributed by atoms with Gasteiger partial charge in [0.15, 0.2) is 0 Å². The molecule has 0 radical (unpaired) electrons. The first-order valence-corrected chi connectivity index (χ1v) is 7.88. The van der Waals surface area contributed by atoms with E-state index in [9.17, 15) is 0 Å². The average molecular weight is 282 g/mol. The lowest BCUT2D eigenvalue weighted by Crippen LogP contribution is -2.10. The van der Waals surface area contributed by atoms with Gasteiger partial charge in [-0.2, -0.15) is 0 Å². The van der Waals surface area contributed by atoms with Crippen LogP contribution in [0.4, 0.5) is 0 Å². The fourth-order valence-electron chi connectivity index (χ4n) is 2.00. The highest BCUT2D eigenvalue weighted by Crippen LogP contribution is 2.39. The summed E-state index contributed by atoms with van der Waals surface area (Å²) in [5.74, 6) is 0. The van der Waals surface area contributed by atoms with Crippen LogP contribution in [0.3, 0.4) is 0 Å². The van der Waals surface area contributed by atoms with E-state index < -0.39 is 0 Å². The monoisotopic (exact) mass is 282 g/mol. The maximum absolute atomic E-state index is 2.31. The van der Waals surface area contributed by atoms with E-state index in [1.807, 2.05) is 11.8 Å². The summed E-state index contributed by atoms with van der Waals surface area (Å²) in [6.07, 6.45) is 4.52. The van der Waals surface area contributed by atoms with E-state index in [-0.39, 0.29) is 4.75 Å². The van der Waals surface area contributed by atoms with Crippen LogP contribution in [0.15, 0.2) is 66.7 Å². The van der Waals surface area contributed by atoms with Gasteiger partial charge in [-0.05, 0) is 11.1 Å². The van der Waals surface area contributed by atoms with Crippen molar-refractivity contribution >= 4 is 17.8 Å². The zero-order valence-electron chi connectivity index (χ0n) is 12.4. The number of hydrogen-bond acceptors (Lipinski definition) is 1. The molecule has 0 heterocycles. The number of rotatable bonds is 4. The van der Waals surface area contributed by atoms with E-state index >= 15 is 0 Å². The Balaban J connectivity index is 2.21. The highest BCUT2D eigenvalue weighted by atomic mass is 32.2. The second-order valence-corrected chi connectivity index (χ2v) is 7.80. The van der Waals surface area contributed by atoms with Gasteiger partial charge in [0, 0.05) is 10.00 Å². The summed E-state index contributed by atoms with van der Waals surface area (Å²) in [6, 6.07) is 21.2. The summed E-state index contributed by atoms with van der Waals surface area (Å²) >= 11 is 1.99. The standard InChI is InChI=1S/C19H22S/c1-19(2,3)20-18(17-12-8-5-9-13-17)15-14-16-10-6-4-7-11-16/h4-15,18H,1-3H3/b15-14+/t18-/m0/s1. The van der Waals surface area contributed by atoms with Crippen LogP contribution in [0.2, 0.25) is 0 Å². The van der Waals surface area contributed by atoms with Gasteiger partial charge in [-0.3, -0.25) is 0 Å². The van der Waals surface area contributed by atoms with E-state index in [2.05, 4.69) is 93.6 Å². The minimum absolute atomic E-state index is 0.238. The topological polar surface area (TPSA) is 0 Å². The SMILES string of the molecule is CC(C)(C)S[C@@H](/C=C/c1ccccc1)c1ccccc1. The molecule has 2 aromatic rings. The van der Waals surface area contributed by atoms with Gasteiger partial charge >= 0.3 is 0 Å². The highest BCUT2D eigenvalue weighted by Gasteiger charge is 2.18. The fraction of sp³-hybridized carbons (Fsp3) is 0.263. The molecule has 0 aliphatic rings. The molecule has 1 heteroatoms. The molecule has 0 aliphatic carbocycles. The van der Waals surface area contributed by atoms with E-state index in [1.165, 1.54) is 11.1 Å². The van der Waals surface area contributed by atoms with Crippen LogP contribution in [-0.4, -0.2) is 4.75 Å². The van der Waals surface area contributed by atoms with Crippen molar-refractivity contribution in [2.75, 3.05) is 0 Å². The van der Waals surface area contributed by atoms with Crippen LogP contribution < -0.4 is 0 Å². The molecule has 0 aromatic heterocycles. The van der Waals surface area contributed by atoms with Crippen molar-refractivity contribution in [3.05, 3.63) is 77.9 Å². The lowest BCUT2D eigenvalue weighted by atomic mass is 10.1. The zero-order chi connectivity index (χ0) is 14.4.